The Morgan fingerprint density at radius 1 is 1.00 bits per heavy atom. The van der Waals surface area contributed by atoms with Gasteiger partial charge in [0, 0.05) is 28.5 Å². The number of ketones is 1. The van der Waals surface area contributed by atoms with E-state index >= 15 is 0 Å². The molecule has 0 radical (unpaired) electrons. The van der Waals surface area contributed by atoms with Crippen LogP contribution in [0.5, 0.6) is 5.75 Å². The molecule has 0 bridgehead atoms. The molecule has 0 atom stereocenters. The molecule has 2 nitrogen and oxygen atoms in total. The van der Waals surface area contributed by atoms with E-state index in [2.05, 4.69) is 0 Å². The van der Waals surface area contributed by atoms with Crippen molar-refractivity contribution in [1.29, 1.82) is 0 Å². The molecule has 21 heavy (non-hydrogen) atoms. The fraction of sp³-hybridized carbons (Fsp3) is 0.235. The standard InChI is InChI=1S/C17H14Cl2O2/c18-16-2-1-3-17(19)15(16)10-21-14-7-5-11-8-13(20)6-4-12(11)9-14/h1-3,5,7,9H,4,6,8,10H2. The molecule has 3 rings (SSSR count). The first-order valence-corrected chi connectivity index (χ1v) is 7.58. The van der Waals surface area contributed by atoms with Crippen LogP contribution in [0.1, 0.15) is 23.1 Å². The van der Waals surface area contributed by atoms with Gasteiger partial charge in [0.1, 0.15) is 18.1 Å². The lowest BCUT2D eigenvalue weighted by Crippen LogP contribution is -2.13. The molecule has 0 N–H and O–H groups in total. The summed E-state index contributed by atoms with van der Waals surface area (Å²) < 4.78 is 5.79. The molecule has 2 aromatic carbocycles. The van der Waals surface area contributed by atoms with E-state index in [-0.39, 0.29) is 0 Å². The third-order valence-electron chi connectivity index (χ3n) is 3.68. The smallest absolute Gasteiger partial charge is 0.137 e. The quantitative estimate of drug-likeness (QED) is 0.824. The molecule has 1 aliphatic carbocycles. The average Bonchev–Trinajstić information content (AvgIpc) is 2.47. The van der Waals surface area contributed by atoms with Crippen LogP contribution in [0.2, 0.25) is 10.0 Å². The van der Waals surface area contributed by atoms with Crippen LogP contribution >= 0.6 is 23.2 Å². The van der Waals surface area contributed by atoms with Crippen molar-refractivity contribution in [1.82, 2.24) is 0 Å². The monoisotopic (exact) mass is 320 g/mol. The SMILES string of the molecule is O=C1CCc2cc(OCc3c(Cl)cccc3Cl)ccc2C1. The van der Waals surface area contributed by atoms with Crippen molar-refractivity contribution in [2.24, 2.45) is 0 Å². The molecule has 0 saturated heterocycles. The maximum absolute atomic E-state index is 11.4. The number of Topliss-reactive ketones (excluding diaryl/α,β-unsaturated/α-hetero) is 1. The fourth-order valence-corrected chi connectivity index (χ4v) is 3.00. The number of hydrogen-bond donors (Lipinski definition) is 0. The van der Waals surface area contributed by atoms with Crippen LogP contribution in [0, 0.1) is 0 Å². The normalized spacial score (nSPS) is 13.9. The third kappa shape index (κ3) is 3.22. The van der Waals surface area contributed by atoms with E-state index < -0.39 is 0 Å². The van der Waals surface area contributed by atoms with Crippen molar-refractivity contribution in [2.45, 2.75) is 25.9 Å². The number of hydrogen-bond acceptors (Lipinski definition) is 2. The number of fused-ring (bicyclic) bond motifs is 1. The van der Waals surface area contributed by atoms with E-state index in [1.54, 1.807) is 12.1 Å². The van der Waals surface area contributed by atoms with Gasteiger partial charge in [-0.1, -0.05) is 35.3 Å². The first-order chi connectivity index (χ1) is 10.1. The van der Waals surface area contributed by atoms with Crippen molar-refractivity contribution in [3.63, 3.8) is 0 Å². The highest BCUT2D eigenvalue weighted by Crippen LogP contribution is 2.28. The molecule has 2 aromatic rings. The zero-order chi connectivity index (χ0) is 14.8. The molecular formula is C17H14Cl2O2. The number of aryl methyl sites for hydroxylation is 1. The van der Waals surface area contributed by atoms with Crippen molar-refractivity contribution < 1.29 is 9.53 Å². The summed E-state index contributed by atoms with van der Waals surface area (Å²) in [6.45, 7) is 0.330. The maximum Gasteiger partial charge on any atom is 0.137 e. The lowest BCUT2D eigenvalue weighted by Gasteiger charge is -2.16. The van der Waals surface area contributed by atoms with Crippen molar-refractivity contribution in [3.05, 3.63) is 63.1 Å². The molecule has 0 spiro atoms. The first kappa shape index (κ1) is 14.4. The van der Waals surface area contributed by atoms with Crippen molar-refractivity contribution >= 4 is 29.0 Å². The van der Waals surface area contributed by atoms with Gasteiger partial charge in [-0.3, -0.25) is 4.79 Å². The minimum absolute atomic E-state index is 0.305. The second-order valence-electron chi connectivity index (χ2n) is 5.13. The number of benzene rings is 2. The molecule has 4 heteroatoms. The van der Waals surface area contributed by atoms with E-state index in [9.17, 15) is 4.79 Å². The largest absolute Gasteiger partial charge is 0.489 e. The molecule has 0 amide bonds. The summed E-state index contributed by atoms with van der Waals surface area (Å²) in [5, 5.41) is 1.21. The van der Waals surface area contributed by atoms with Crippen LogP contribution < -0.4 is 4.74 Å². The Labute approximate surface area is 133 Å². The van der Waals surface area contributed by atoms with Gasteiger partial charge < -0.3 is 4.74 Å². The summed E-state index contributed by atoms with van der Waals surface area (Å²) in [4.78, 5) is 11.4. The number of carbonyl (C=O) groups excluding carboxylic acids is 1. The number of ether oxygens (including phenoxy) is 1. The van der Waals surface area contributed by atoms with Gasteiger partial charge in [-0.15, -0.1) is 0 Å². The molecule has 108 valence electrons. The Morgan fingerprint density at radius 2 is 1.76 bits per heavy atom. The van der Waals surface area contributed by atoms with Gasteiger partial charge in [-0.2, -0.15) is 0 Å². The second kappa shape index (κ2) is 6.08. The second-order valence-corrected chi connectivity index (χ2v) is 5.95. The summed E-state index contributed by atoms with van der Waals surface area (Å²) in [7, 11) is 0. The van der Waals surface area contributed by atoms with E-state index in [0.717, 1.165) is 23.3 Å². The number of carbonyl (C=O) groups is 1. The number of halogens is 2. The zero-order valence-corrected chi connectivity index (χ0v) is 12.9. The molecule has 0 aliphatic heterocycles. The van der Waals surface area contributed by atoms with Gasteiger partial charge in [0.05, 0.1) is 0 Å². The predicted molar refractivity (Wildman–Crippen MR) is 84.3 cm³/mol. The molecule has 0 saturated carbocycles. The highest BCUT2D eigenvalue weighted by molar-refractivity contribution is 6.35. The average molecular weight is 321 g/mol. The molecule has 0 heterocycles. The van der Waals surface area contributed by atoms with Crippen molar-refractivity contribution in [2.75, 3.05) is 0 Å². The van der Waals surface area contributed by atoms with E-state index in [1.807, 2.05) is 24.3 Å². The Bertz CT molecular complexity index is 675. The summed E-state index contributed by atoms with van der Waals surface area (Å²) in [5.74, 6) is 1.08. The zero-order valence-electron chi connectivity index (χ0n) is 11.4. The van der Waals surface area contributed by atoms with Crippen LogP contribution in [-0.2, 0) is 24.2 Å². The van der Waals surface area contributed by atoms with Crippen LogP contribution in [0.4, 0.5) is 0 Å². The van der Waals surface area contributed by atoms with Crippen molar-refractivity contribution in [3.8, 4) is 5.75 Å². The lowest BCUT2D eigenvalue weighted by atomic mass is 9.91. The van der Waals surface area contributed by atoms with E-state index in [0.29, 0.717) is 35.3 Å². The molecular weight excluding hydrogens is 307 g/mol. The van der Waals surface area contributed by atoms with Crippen LogP contribution in [-0.4, -0.2) is 5.78 Å². The molecule has 0 unspecified atom stereocenters. The lowest BCUT2D eigenvalue weighted by molar-refractivity contribution is -0.118. The number of rotatable bonds is 3. The third-order valence-corrected chi connectivity index (χ3v) is 4.39. The maximum atomic E-state index is 11.4. The Morgan fingerprint density at radius 3 is 2.52 bits per heavy atom. The Kier molecular flexibility index (Phi) is 4.18. The predicted octanol–water partition coefficient (Wildman–Crippen LogP) is 4.63. The van der Waals surface area contributed by atoms with Gasteiger partial charge in [-0.05, 0) is 41.8 Å². The summed E-state index contributed by atoms with van der Waals surface area (Å²) in [6.07, 6.45) is 1.94. The summed E-state index contributed by atoms with van der Waals surface area (Å²) in [6, 6.07) is 11.3. The topological polar surface area (TPSA) is 26.3 Å². The highest BCUT2D eigenvalue weighted by atomic mass is 35.5. The Balaban J connectivity index is 1.76. The van der Waals surface area contributed by atoms with Gasteiger partial charge in [0.25, 0.3) is 0 Å². The molecule has 1 aliphatic rings. The minimum Gasteiger partial charge on any atom is -0.489 e. The van der Waals surface area contributed by atoms with Gasteiger partial charge in [0.15, 0.2) is 0 Å². The van der Waals surface area contributed by atoms with Crippen LogP contribution in [0.15, 0.2) is 36.4 Å². The fourth-order valence-electron chi connectivity index (χ4n) is 2.50. The van der Waals surface area contributed by atoms with E-state index in [4.69, 9.17) is 27.9 Å². The molecule has 0 aromatic heterocycles. The van der Waals surface area contributed by atoms with Gasteiger partial charge >= 0.3 is 0 Å². The highest BCUT2D eigenvalue weighted by Gasteiger charge is 2.16. The van der Waals surface area contributed by atoms with Gasteiger partial charge in [-0.25, -0.2) is 0 Å². The first-order valence-electron chi connectivity index (χ1n) is 6.82. The minimum atomic E-state index is 0.305. The molecule has 0 fully saturated rings. The van der Waals surface area contributed by atoms with E-state index in [1.165, 1.54) is 5.56 Å². The Hall–Kier alpha value is -1.51. The van der Waals surface area contributed by atoms with Crippen LogP contribution in [0.3, 0.4) is 0 Å². The van der Waals surface area contributed by atoms with Crippen LogP contribution in [0.25, 0.3) is 0 Å². The summed E-state index contributed by atoms with van der Waals surface area (Å²) in [5.41, 5.74) is 3.08. The van der Waals surface area contributed by atoms with Gasteiger partial charge in [0.2, 0.25) is 0 Å². The summed E-state index contributed by atoms with van der Waals surface area (Å²) >= 11 is 12.3.